The number of nitrogens with zero attached hydrogens (tertiary/aromatic N) is 1. The van der Waals surface area contributed by atoms with E-state index in [1.807, 2.05) is 4.98 Å². The topological polar surface area (TPSA) is 108 Å². The molecule has 1 aromatic heterocycles. The van der Waals surface area contributed by atoms with Crippen LogP contribution in [0.4, 0.5) is 8.78 Å². The maximum absolute atomic E-state index is 13.3. The number of alkyl halides is 1. The molecule has 112 valence electrons. The molecule has 1 aliphatic rings. The molecule has 1 unspecified atom stereocenters. The average Bonchev–Trinajstić information content (AvgIpc) is 2.68. The summed E-state index contributed by atoms with van der Waals surface area (Å²) in [6.07, 6.45) is -4.16. The first-order chi connectivity index (χ1) is 9.36. The lowest BCUT2D eigenvalue weighted by atomic mass is 9.98. The van der Waals surface area contributed by atoms with Gasteiger partial charge in [-0.15, -0.1) is 0 Å². The van der Waals surface area contributed by atoms with Gasteiger partial charge in [0, 0.05) is 0 Å². The van der Waals surface area contributed by atoms with E-state index < -0.39 is 48.7 Å². The first kappa shape index (κ1) is 15.2. The Morgan fingerprint density at radius 1 is 1.55 bits per heavy atom. The highest BCUT2D eigenvalue weighted by atomic mass is 32.1. The highest BCUT2D eigenvalue weighted by Crippen LogP contribution is 2.37. The molecule has 4 N–H and O–H groups in total. The minimum Gasteiger partial charge on any atom is -0.393 e. The summed E-state index contributed by atoms with van der Waals surface area (Å²) in [4.78, 5) is 13.0. The number of aliphatic hydroxyl groups excluding tert-OH is 3. The number of H-pyrrole nitrogens is 1. The quantitative estimate of drug-likeness (QED) is 0.533. The van der Waals surface area contributed by atoms with Gasteiger partial charge in [-0.25, -0.2) is 4.39 Å². The summed E-state index contributed by atoms with van der Waals surface area (Å²) in [5.74, 6) is -1.19. The zero-order valence-electron chi connectivity index (χ0n) is 9.99. The smallest absolute Gasteiger partial charge is 0.287 e. The lowest BCUT2D eigenvalue weighted by molar-refractivity contribution is -0.138. The Morgan fingerprint density at radius 2 is 2.20 bits per heavy atom. The van der Waals surface area contributed by atoms with Gasteiger partial charge in [-0.2, -0.15) is 4.39 Å². The Hall–Kier alpha value is -1.20. The fourth-order valence-corrected chi connectivity index (χ4v) is 2.25. The number of aromatic amines is 1. The van der Waals surface area contributed by atoms with Crippen LogP contribution >= 0.6 is 12.2 Å². The van der Waals surface area contributed by atoms with Crippen LogP contribution in [0.15, 0.2) is 11.0 Å². The molecule has 4 atom stereocenters. The van der Waals surface area contributed by atoms with Gasteiger partial charge in [-0.05, 0) is 12.2 Å². The number of hydrogen-bond acceptors (Lipinski definition) is 6. The zero-order valence-corrected chi connectivity index (χ0v) is 10.8. The standard InChI is InChI=1S/C10H12F2N2O5S/c11-2-10(3-15)6(17)5(16)8(19-10)14-1-4(12)7(18)13-9(14)20/h1,5-6,8,15-17H,2-3H2,(H,13,18,20)/t5-,6?,8+,10+/m0/s1. The Kier molecular flexibility index (Phi) is 4.02. The number of ether oxygens (including phenoxy) is 1. The van der Waals surface area contributed by atoms with E-state index in [2.05, 4.69) is 0 Å². The van der Waals surface area contributed by atoms with Gasteiger partial charge in [-0.3, -0.25) is 14.3 Å². The van der Waals surface area contributed by atoms with E-state index in [0.29, 0.717) is 6.20 Å². The Labute approximate surface area is 116 Å². The molecule has 1 aromatic rings. The van der Waals surface area contributed by atoms with Gasteiger partial charge in [0.15, 0.2) is 16.6 Å². The van der Waals surface area contributed by atoms with Crippen molar-refractivity contribution >= 4 is 12.2 Å². The number of nitrogens with one attached hydrogen (secondary N) is 1. The average molecular weight is 310 g/mol. The molecule has 0 bridgehead atoms. The van der Waals surface area contributed by atoms with Crippen molar-refractivity contribution in [3.63, 3.8) is 0 Å². The zero-order chi connectivity index (χ0) is 15.1. The number of aliphatic hydroxyl groups is 3. The van der Waals surface area contributed by atoms with Crippen LogP contribution in [0, 0.1) is 10.6 Å². The Morgan fingerprint density at radius 3 is 2.70 bits per heavy atom. The van der Waals surface area contributed by atoms with Crippen LogP contribution in [0.2, 0.25) is 0 Å². The lowest BCUT2D eigenvalue weighted by Crippen LogP contribution is -2.48. The second kappa shape index (κ2) is 5.30. The van der Waals surface area contributed by atoms with Crippen LogP contribution in [-0.4, -0.2) is 56.0 Å². The fraction of sp³-hybridized carbons (Fsp3) is 0.600. The molecule has 2 heterocycles. The summed E-state index contributed by atoms with van der Waals surface area (Å²) in [6.45, 7) is -2.16. The summed E-state index contributed by atoms with van der Waals surface area (Å²) < 4.78 is 31.9. The van der Waals surface area contributed by atoms with Crippen LogP contribution in [0.5, 0.6) is 0 Å². The third kappa shape index (κ3) is 2.19. The summed E-state index contributed by atoms with van der Waals surface area (Å²) in [5, 5.41) is 28.8. The maximum Gasteiger partial charge on any atom is 0.287 e. The molecule has 7 nitrogen and oxygen atoms in total. The van der Waals surface area contributed by atoms with Crippen molar-refractivity contribution in [2.45, 2.75) is 24.0 Å². The summed E-state index contributed by atoms with van der Waals surface area (Å²) in [6, 6.07) is 0. The highest BCUT2D eigenvalue weighted by Gasteiger charge is 2.55. The molecule has 0 aliphatic carbocycles. The van der Waals surface area contributed by atoms with E-state index in [9.17, 15) is 23.8 Å². The maximum atomic E-state index is 13.3. The van der Waals surface area contributed by atoms with Crippen LogP contribution < -0.4 is 5.56 Å². The number of halogens is 2. The van der Waals surface area contributed by atoms with Crippen LogP contribution in [-0.2, 0) is 4.74 Å². The first-order valence-electron chi connectivity index (χ1n) is 5.58. The van der Waals surface area contributed by atoms with E-state index >= 15 is 0 Å². The monoisotopic (exact) mass is 310 g/mol. The normalized spacial score (nSPS) is 33.5. The van der Waals surface area contributed by atoms with Gasteiger partial charge < -0.3 is 20.1 Å². The predicted octanol–water partition coefficient (Wildman–Crippen LogP) is -1.00. The molecule has 0 aromatic carbocycles. The van der Waals surface area contributed by atoms with E-state index in [-0.39, 0.29) is 4.77 Å². The molecule has 0 saturated carbocycles. The molecule has 1 aliphatic heterocycles. The minimum absolute atomic E-state index is 0.278. The molecule has 0 radical (unpaired) electrons. The lowest BCUT2D eigenvalue weighted by Gasteiger charge is -2.26. The van der Waals surface area contributed by atoms with Gasteiger partial charge in [0.1, 0.15) is 18.9 Å². The molecule has 0 amide bonds. The summed E-state index contributed by atoms with van der Waals surface area (Å²) in [5.41, 5.74) is -3.08. The second-order valence-corrected chi connectivity index (χ2v) is 4.83. The van der Waals surface area contributed by atoms with Crippen LogP contribution in [0.3, 0.4) is 0 Å². The van der Waals surface area contributed by atoms with Crippen molar-refractivity contribution in [3.8, 4) is 0 Å². The third-order valence-electron chi connectivity index (χ3n) is 3.20. The Balaban J connectivity index is 2.47. The molecule has 1 saturated heterocycles. The predicted molar refractivity (Wildman–Crippen MR) is 63.8 cm³/mol. The number of hydrogen-bond donors (Lipinski definition) is 4. The Bertz CT molecular complexity index is 614. The molecule has 1 fully saturated rings. The van der Waals surface area contributed by atoms with E-state index in [0.717, 1.165) is 4.57 Å². The van der Waals surface area contributed by atoms with E-state index in [4.69, 9.17) is 22.1 Å². The van der Waals surface area contributed by atoms with Gasteiger partial charge in [0.05, 0.1) is 12.8 Å². The van der Waals surface area contributed by atoms with Crippen LogP contribution in [0.1, 0.15) is 6.23 Å². The largest absolute Gasteiger partial charge is 0.393 e. The van der Waals surface area contributed by atoms with Gasteiger partial charge in [-0.1, -0.05) is 0 Å². The summed E-state index contributed by atoms with van der Waals surface area (Å²) in [7, 11) is 0. The summed E-state index contributed by atoms with van der Waals surface area (Å²) >= 11 is 4.79. The number of aromatic nitrogens is 2. The van der Waals surface area contributed by atoms with Gasteiger partial charge >= 0.3 is 0 Å². The molecule has 10 heteroatoms. The SMILES string of the molecule is O=c1[nH]c(=S)n([C@@H]2O[C@@](CO)(CF)C(O)[C@@H]2O)cc1F. The molecule has 2 rings (SSSR count). The van der Waals surface area contributed by atoms with Gasteiger partial charge in [0.25, 0.3) is 5.56 Å². The second-order valence-electron chi connectivity index (χ2n) is 4.44. The van der Waals surface area contributed by atoms with Crippen molar-refractivity contribution in [2.75, 3.05) is 13.3 Å². The fourth-order valence-electron chi connectivity index (χ4n) is 2.00. The molecule has 20 heavy (non-hydrogen) atoms. The van der Waals surface area contributed by atoms with Crippen molar-refractivity contribution < 1.29 is 28.8 Å². The third-order valence-corrected chi connectivity index (χ3v) is 3.52. The minimum atomic E-state index is -2.02. The van der Waals surface area contributed by atoms with E-state index in [1.165, 1.54) is 0 Å². The van der Waals surface area contributed by atoms with E-state index in [1.54, 1.807) is 0 Å². The van der Waals surface area contributed by atoms with Crippen molar-refractivity contribution in [2.24, 2.45) is 0 Å². The van der Waals surface area contributed by atoms with Crippen molar-refractivity contribution in [1.82, 2.24) is 9.55 Å². The van der Waals surface area contributed by atoms with Crippen molar-refractivity contribution in [1.29, 1.82) is 0 Å². The molecular weight excluding hydrogens is 298 g/mol. The highest BCUT2D eigenvalue weighted by molar-refractivity contribution is 7.71. The van der Waals surface area contributed by atoms with Gasteiger partial charge in [0.2, 0.25) is 5.82 Å². The van der Waals surface area contributed by atoms with Crippen molar-refractivity contribution in [3.05, 3.63) is 27.1 Å². The number of rotatable bonds is 3. The first-order valence-corrected chi connectivity index (χ1v) is 5.99. The molecular formula is C10H12F2N2O5S. The molecule has 0 spiro atoms. The van der Waals surface area contributed by atoms with Crippen LogP contribution in [0.25, 0.3) is 0 Å².